The zero-order chi connectivity index (χ0) is 11.4. The molecule has 3 nitrogen and oxygen atoms in total. The minimum Gasteiger partial charge on any atom is -0.310 e. The molecule has 1 N–H and O–H groups in total. The average molecular weight is 220 g/mol. The standard InChI is InChI=1S/C12H13FN2O/c13-11-6-9(7-14-8-16)3-4-10(11)12-2-1-5-15-12/h3-4,6,12,15H,1-2,5,7H2. The molecule has 1 heterocycles. The molecule has 0 spiro atoms. The number of hydrogen-bond donors (Lipinski definition) is 1. The highest BCUT2D eigenvalue weighted by Gasteiger charge is 2.19. The largest absolute Gasteiger partial charge is 0.310 e. The van der Waals surface area contributed by atoms with Gasteiger partial charge in [0.25, 0.3) is 0 Å². The highest BCUT2D eigenvalue weighted by molar-refractivity contribution is 5.34. The first-order valence-corrected chi connectivity index (χ1v) is 5.36. The number of rotatable bonds is 3. The van der Waals surface area contributed by atoms with Gasteiger partial charge in [-0.15, -0.1) is 0 Å². The van der Waals surface area contributed by atoms with E-state index in [1.165, 1.54) is 12.1 Å². The fourth-order valence-corrected chi connectivity index (χ4v) is 2.03. The summed E-state index contributed by atoms with van der Waals surface area (Å²) in [6, 6.07) is 5.15. The van der Waals surface area contributed by atoms with E-state index in [0.717, 1.165) is 19.4 Å². The number of benzene rings is 1. The van der Waals surface area contributed by atoms with Gasteiger partial charge in [-0.25, -0.2) is 14.2 Å². The Bertz CT molecular complexity index is 421. The van der Waals surface area contributed by atoms with Crippen LogP contribution in [0.2, 0.25) is 0 Å². The van der Waals surface area contributed by atoms with Crippen molar-refractivity contribution in [2.24, 2.45) is 4.99 Å². The van der Waals surface area contributed by atoms with E-state index in [1.807, 2.05) is 0 Å². The number of aliphatic imine (C=N–C) groups is 1. The van der Waals surface area contributed by atoms with Crippen molar-refractivity contribution < 1.29 is 9.18 Å². The zero-order valence-corrected chi connectivity index (χ0v) is 8.87. The van der Waals surface area contributed by atoms with Crippen molar-refractivity contribution in [1.82, 2.24) is 5.32 Å². The van der Waals surface area contributed by atoms with Gasteiger partial charge in [-0.3, -0.25) is 0 Å². The summed E-state index contributed by atoms with van der Waals surface area (Å²) in [7, 11) is 0. The average Bonchev–Trinajstić information content (AvgIpc) is 2.80. The van der Waals surface area contributed by atoms with Crippen molar-refractivity contribution in [3.05, 3.63) is 35.1 Å². The molecule has 0 aliphatic carbocycles. The second kappa shape index (κ2) is 5.01. The molecule has 1 atom stereocenters. The molecule has 1 aliphatic heterocycles. The van der Waals surface area contributed by atoms with Crippen LogP contribution in [0.5, 0.6) is 0 Å². The second-order valence-corrected chi connectivity index (χ2v) is 3.91. The lowest BCUT2D eigenvalue weighted by Gasteiger charge is -2.12. The van der Waals surface area contributed by atoms with E-state index in [1.54, 1.807) is 12.1 Å². The third-order valence-corrected chi connectivity index (χ3v) is 2.83. The topological polar surface area (TPSA) is 41.5 Å². The van der Waals surface area contributed by atoms with Crippen LogP contribution in [-0.4, -0.2) is 12.6 Å². The Hall–Kier alpha value is -1.51. The SMILES string of the molecule is O=C=NCc1ccc(C2CCCN2)c(F)c1. The highest BCUT2D eigenvalue weighted by Crippen LogP contribution is 2.25. The lowest BCUT2D eigenvalue weighted by atomic mass is 10.0. The van der Waals surface area contributed by atoms with Gasteiger partial charge in [0.1, 0.15) is 5.82 Å². The summed E-state index contributed by atoms with van der Waals surface area (Å²) in [4.78, 5) is 13.4. The van der Waals surface area contributed by atoms with E-state index in [2.05, 4.69) is 10.3 Å². The maximum absolute atomic E-state index is 13.7. The Kier molecular flexibility index (Phi) is 3.44. The fourth-order valence-electron chi connectivity index (χ4n) is 2.03. The third kappa shape index (κ3) is 2.35. The molecular formula is C12H13FN2O. The monoisotopic (exact) mass is 220 g/mol. The van der Waals surface area contributed by atoms with Gasteiger partial charge in [0.2, 0.25) is 6.08 Å². The Labute approximate surface area is 93.4 Å². The maximum atomic E-state index is 13.7. The van der Waals surface area contributed by atoms with Crippen LogP contribution in [0.4, 0.5) is 4.39 Å². The minimum absolute atomic E-state index is 0.128. The predicted octanol–water partition coefficient (Wildman–Crippen LogP) is 2.09. The molecule has 16 heavy (non-hydrogen) atoms. The summed E-state index contributed by atoms with van der Waals surface area (Å²) in [5.74, 6) is -0.224. The molecule has 0 aromatic heterocycles. The van der Waals surface area contributed by atoms with Crippen molar-refractivity contribution in [2.75, 3.05) is 6.54 Å². The van der Waals surface area contributed by atoms with E-state index >= 15 is 0 Å². The van der Waals surface area contributed by atoms with Crippen LogP contribution in [0.25, 0.3) is 0 Å². The van der Waals surface area contributed by atoms with Gasteiger partial charge < -0.3 is 5.32 Å². The number of isocyanates is 1. The molecule has 0 radical (unpaired) electrons. The number of nitrogens with one attached hydrogen (secondary N) is 1. The molecule has 0 amide bonds. The first kappa shape index (κ1) is 11.0. The number of carbonyl (C=O) groups excluding carboxylic acids is 1. The van der Waals surface area contributed by atoms with Gasteiger partial charge >= 0.3 is 0 Å². The molecular weight excluding hydrogens is 207 g/mol. The first-order valence-electron chi connectivity index (χ1n) is 5.36. The van der Waals surface area contributed by atoms with Gasteiger partial charge in [0, 0.05) is 11.6 Å². The second-order valence-electron chi connectivity index (χ2n) is 3.91. The molecule has 1 fully saturated rings. The van der Waals surface area contributed by atoms with Crippen molar-refractivity contribution in [3.63, 3.8) is 0 Å². The van der Waals surface area contributed by atoms with Crippen molar-refractivity contribution in [2.45, 2.75) is 25.4 Å². The van der Waals surface area contributed by atoms with Gasteiger partial charge in [0.15, 0.2) is 0 Å². The van der Waals surface area contributed by atoms with E-state index < -0.39 is 0 Å². The first-order chi connectivity index (χ1) is 7.81. The molecule has 0 saturated carbocycles. The summed E-state index contributed by atoms with van der Waals surface area (Å²) < 4.78 is 13.7. The summed E-state index contributed by atoms with van der Waals surface area (Å²) in [6.07, 6.45) is 3.51. The van der Waals surface area contributed by atoms with E-state index in [-0.39, 0.29) is 18.4 Å². The Morgan fingerprint density at radius 3 is 3.06 bits per heavy atom. The molecule has 84 valence electrons. The van der Waals surface area contributed by atoms with Gasteiger partial charge in [-0.2, -0.15) is 0 Å². The third-order valence-electron chi connectivity index (χ3n) is 2.83. The van der Waals surface area contributed by atoms with Crippen LogP contribution in [0.3, 0.4) is 0 Å². The van der Waals surface area contributed by atoms with Crippen LogP contribution in [0.15, 0.2) is 23.2 Å². The van der Waals surface area contributed by atoms with Crippen molar-refractivity contribution in [1.29, 1.82) is 0 Å². The van der Waals surface area contributed by atoms with E-state index in [0.29, 0.717) is 11.1 Å². The molecule has 1 aromatic carbocycles. The number of halogens is 1. The smallest absolute Gasteiger partial charge is 0.235 e. The van der Waals surface area contributed by atoms with E-state index in [4.69, 9.17) is 0 Å². The van der Waals surface area contributed by atoms with Gasteiger partial charge in [0.05, 0.1) is 6.54 Å². The highest BCUT2D eigenvalue weighted by atomic mass is 19.1. The van der Waals surface area contributed by atoms with Crippen LogP contribution in [-0.2, 0) is 11.3 Å². The summed E-state index contributed by atoms with van der Waals surface area (Å²) in [5, 5.41) is 3.25. The molecule has 2 rings (SSSR count). The predicted molar refractivity (Wildman–Crippen MR) is 58.2 cm³/mol. The molecule has 4 heteroatoms. The quantitative estimate of drug-likeness (QED) is 0.626. The lowest BCUT2D eigenvalue weighted by molar-refractivity contribution is 0.556. The van der Waals surface area contributed by atoms with Crippen LogP contribution >= 0.6 is 0 Å². The zero-order valence-electron chi connectivity index (χ0n) is 8.87. The summed E-state index contributed by atoms with van der Waals surface area (Å²) in [6.45, 7) is 1.14. The van der Waals surface area contributed by atoms with Crippen LogP contribution in [0.1, 0.15) is 30.0 Å². The Morgan fingerprint density at radius 2 is 2.44 bits per heavy atom. The summed E-state index contributed by atoms with van der Waals surface area (Å²) in [5.41, 5.74) is 1.40. The Morgan fingerprint density at radius 1 is 1.56 bits per heavy atom. The molecule has 1 aliphatic rings. The molecule has 1 unspecified atom stereocenters. The van der Waals surface area contributed by atoms with E-state index in [9.17, 15) is 9.18 Å². The normalized spacial score (nSPS) is 19.4. The minimum atomic E-state index is -0.224. The lowest BCUT2D eigenvalue weighted by Crippen LogP contribution is -2.14. The van der Waals surface area contributed by atoms with Crippen LogP contribution in [0, 0.1) is 5.82 Å². The molecule has 0 bridgehead atoms. The van der Waals surface area contributed by atoms with Gasteiger partial charge in [-0.1, -0.05) is 12.1 Å². The number of hydrogen-bond acceptors (Lipinski definition) is 3. The van der Waals surface area contributed by atoms with Gasteiger partial charge in [-0.05, 0) is 31.0 Å². The molecule has 1 saturated heterocycles. The Balaban J connectivity index is 2.18. The molecule has 1 aromatic rings. The van der Waals surface area contributed by atoms with Crippen molar-refractivity contribution >= 4 is 6.08 Å². The van der Waals surface area contributed by atoms with Crippen LogP contribution < -0.4 is 5.32 Å². The maximum Gasteiger partial charge on any atom is 0.235 e. The van der Waals surface area contributed by atoms with Crippen molar-refractivity contribution in [3.8, 4) is 0 Å². The summed E-state index contributed by atoms with van der Waals surface area (Å²) >= 11 is 0. The fraction of sp³-hybridized carbons (Fsp3) is 0.417. The number of nitrogens with zero attached hydrogens (tertiary/aromatic N) is 1.